The van der Waals surface area contributed by atoms with Gasteiger partial charge in [-0.15, -0.1) is 0 Å². The molecule has 28 heavy (non-hydrogen) atoms. The summed E-state index contributed by atoms with van der Waals surface area (Å²) < 4.78 is 11.4. The van der Waals surface area contributed by atoms with E-state index in [0.29, 0.717) is 37.4 Å². The van der Waals surface area contributed by atoms with Crippen LogP contribution in [0.25, 0.3) is 11.0 Å². The van der Waals surface area contributed by atoms with Crippen LogP contribution in [-0.2, 0) is 10.2 Å². The molecule has 0 radical (unpaired) electrons. The van der Waals surface area contributed by atoms with Gasteiger partial charge in [-0.05, 0) is 64.2 Å². The Balaban J connectivity index is 1.62. The monoisotopic (exact) mass is 382 g/mol. The molecule has 2 aliphatic rings. The second kappa shape index (κ2) is 6.44. The molecule has 1 aromatic heterocycles. The van der Waals surface area contributed by atoms with Gasteiger partial charge in [0.05, 0.1) is 11.5 Å². The van der Waals surface area contributed by atoms with E-state index in [2.05, 4.69) is 6.07 Å². The highest BCUT2D eigenvalue weighted by Crippen LogP contribution is 2.47. The Morgan fingerprint density at radius 1 is 1.32 bits per heavy atom. The molecule has 0 spiro atoms. The lowest BCUT2D eigenvalue weighted by atomic mass is 9.73. The van der Waals surface area contributed by atoms with E-state index in [4.69, 9.17) is 9.15 Å². The Morgan fingerprint density at radius 3 is 2.57 bits per heavy atom. The number of furan rings is 1. The zero-order valence-electron chi connectivity index (χ0n) is 16.6. The van der Waals surface area contributed by atoms with Gasteiger partial charge in [0.2, 0.25) is 0 Å². The van der Waals surface area contributed by atoms with Gasteiger partial charge in [0, 0.05) is 24.4 Å². The fourth-order valence-corrected chi connectivity index (χ4v) is 3.95. The molecule has 1 aliphatic carbocycles. The lowest BCUT2D eigenvalue weighted by Gasteiger charge is -2.38. The number of nitrogens with zero attached hydrogens (tertiary/aromatic N) is 2. The van der Waals surface area contributed by atoms with Crippen LogP contribution in [0.1, 0.15) is 63.7 Å². The van der Waals surface area contributed by atoms with Gasteiger partial charge >= 0.3 is 6.09 Å². The number of piperidine rings is 1. The number of phenolic OH excluding ortho intramolecular Hbond substituents is 1. The maximum absolute atomic E-state index is 12.4. The van der Waals surface area contributed by atoms with Crippen molar-refractivity contribution in [1.82, 2.24) is 4.90 Å². The standard InChI is InChI=1S/C22H26N2O4/c1-21(2,3)28-20(26)24-10-8-22(13-23,9-11-24)16-6-7-17(25)19-15(16)12-18(27-19)14-4-5-14/h6-7,12,14,25H,4-5,8-11H2,1-3H3. The summed E-state index contributed by atoms with van der Waals surface area (Å²) in [6, 6.07) is 7.93. The smallest absolute Gasteiger partial charge is 0.410 e. The number of hydrogen-bond donors (Lipinski definition) is 1. The number of hydrogen-bond acceptors (Lipinski definition) is 5. The molecule has 1 saturated heterocycles. The third-order valence-electron chi connectivity index (χ3n) is 5.66. The number of rotatable bonds is 2. The van der Waals surface area contributed by atoms with E-state index in [1.807, 2.05) is 32.9 Å². The van der Waals surface area contributed by atoms with Gasteiger partial charge < -0.3 is 19.2 Å². The quantitative estimate of drug-likeness (QED) is 0.805. The minimum Gasteiger partial charge on any atom is -0.504 e. The van der Waals surface area contributed by atoms with Gasteiger partial charge in [0.1, 0.15) is 11.4 Å². The van der Waals surface area contributed by atoms with Crippen LogP contribution in [0.4, 0.5) is 4.79 Å². The van der Waals surface area contributed by atoms with Gasteiger partial charge in [-0.25, -0.2) is 4.79 Å². The van der Waals surface area contributed by atoms with Crippen LogP contribution < -0.4 is 0 Å². The molecule has 1 saturated carbocycles. The maximum Gasteiger partial charge on any atom is 0.410 e. The van der Waals surface area contributed by atoms with Crippen molar-refractivity contribution < 1.29 is 19.1 Å². The number of phenols is 1. The van der Waals surface area contributed by atoms with Crippen LogP contribution in [0.15, 0.2) is 22.6 Å². The maximum atomic E-state index is 12.4. The van der Waals surface area contributed by atoms with Crippen molar-refractivity contribution in [2.75, 3.05) is 13.1 Å². The largest absolute Gasteiger partial charge is 0.504 e. The number of likely N-dealkylation sites (tertiary alicyclic amines) is 1. The third kappa shape index (κ3) is 3.30. The topological polar surface area (TPSA) is 86.7 Å². The molecule has 4 rings (SSSR count). The number of amides is 1. The molecule has 6 heteroatoms. The van der Waals surface area contributed by atoms with Crippen molar-refractivity contribution in [3.63, 3.8) is 0 Å². The molecule has 0 unspecified atom stereocenters. The first-order chi connectivity index (χ1) is 13.2. The highest BCUT2D eigenvalue weighted by Gasteiger charge is 2.41. The predicted molar refractivity (Wildman–Crippen MR) is 104 cm³/mol. The molecular weight excluding hydrogens is 356 g/mol. The molecule has 2 heterocycles. The van der Waals surface area contributed by atoms with Crippen molar-refractivity contribution >= 4 is 17.1 Å². The summed E-state index contributed by atoms with van der Waals surface area (Å²) in [7, 11) is 0. The van der Waals surface area contributed by atoms with Crippen LogP contribution in [0, 0.1) is 11.3 Å². The molecule has 2 aromatic rings. The van der Waals surface area contributed by atoms with E-state index in [9.17, 15) is 15.2 Å². The molecule has 0 bridgehead atoms. The Labute approximate surface area is 164 Å². The number of benzene rings is 1. The Hall–Kier alpha value is -2.68. The molecule has 148 valence electrons. The van der Waals surface area contributed by atoms with Crippen LogP contribution >= 0.6 is 0 Å². The average molecular weight is 382 g/mol. The molecule has 1 aliphatic heterocycles. The van der Waals surface area contributed by atoms with Crippen LogP contribution in [-0.4, -0.2) is 34.8 Å². The summed E-state index contributed by atoms with van der Waals surface area (Å²) in [6.07, 6.45) is 2.90. The predicted octanol–water partition coefficient (Wildman–Crippen LogP) is 4.81. The molecule has 2 fully saturated rings. The van der Waals surface area contributed by atoms with Gasteiger partial charge in [0.25, 0.3) is 0 Å². The normalized spacial score (nSPS) is 19.4. The van der Waals surface area contributed by atoms with Gasteiger partial charge in [-0.1, -0.05) is 6.07 Å². The molecule has 1 N–H and O–H groups in total. The van der Waals surface area contributed by atoms with E-state index in [1.165, 1.54) is 0 Å². The summed E-state index contributed by atoms with van der Waals surface area (Å²) in [5.74, 6) is 1.41. The highest BCUT2D eigenvalue weighted by molar-refractivity contribution is 5.88. The Kier molecular flexibility index (Phi) is 4.29. The molecule has 0 atom stereocenters. The molecule has 6 nitrogen and oxygen atoms in total. The van der Waals surface area contributed by atoms with Crippen molar-refractivity contribution in [2.24, 2.45) is 0 Å². The average Bonchev–Trinajstić information content (AvgIpc) is 3.39. The van der Waals surface area contributed by atoms with E-state index in [-0.39, 0.29) is 11.8 Å². The van der Waals surface area contributed by atoms with E-state index < -0.39 is 11.0 Å². The number of nitriles is 1. The van der Waals surface area contributed by atoms with Gasteiger partial charge in [0.15, 0.2) is 11.3 Å². The van der Waals surface area contributed by atoms with Crippen molar-refractivity contribution in [2.45, 2.75) is 63.4 Å². The second-order valence-corrected chi connectivity index (χ2v) is 8.96. The second-order valence-electron chi connectivity index (χ2n) is 8.96. The van der Waals surface area contributed by atoms with Crippen LogP contribution in [0.3, 0.4) is 0 Å². The summed E-state index contributed by atoms with van der Waals surface area (Å²) in [4.78, 5) is 14.0. The number of carbonyl (C=O) groups excluding carboxylic acids is 1. The van der Waals surface area contributed by atoms with E-state index in [0.717, 1.165) is 29.6 Å². The lowest BCUT2D eigenvalue weighted by Crippen LogP contribution is -2.46. The summed E-state index contributed by atoms with van der Waals surface area (Å²) in [5.41, 5.74) is 0.0840. The number of carbonyl (C=O) groups is 1. The lowest BCUT2D eigenvalue weighted by molar-refractivity contribution is 0.0186. The third-order valence-corrected chi connectivity index (χ3v) is 5.66. The fourth-order valence-electron chi connectivity index (χ4n) is 3.95. The van der Waals surface area contributed by atoms with Crippen LogP contribution in [0.5, 0.6) is 5.75 Å². The first kappa shape index (κ1) is 18.7. The summed E-state index contributed by atoms with van der Waals surface area (Å²) >= 11 is 0. The Morgan fingerprint density at radius 2 is 2.00 bits per heavy atom. The summed E-state index contributed by atoms with van der Waals surface area (Å²) in [6.45, 7) is 6.45. The van der Waals surface area contributed by atoms with Gasteiger partial charge in [-0.2, -0.15) is 5.26 Å². The first-order valence-corrected chi connectivity index (χ1v) is 9.87. The fraction of sp³-hybridized carbons (Fsp3) is 0.545. The number of aromatic hydroxyl groups is 1. The van der Waals surface area contributed by atoms with Gasteiger partial charge in [-0.3, -0.25) is 0 Å². The Bertz CT molecular complexity index is 951. The summed E-state index contributed by atoms with van der Waals surface area (Å²) in [5, 5.41) is 21.1. The molecular formula is C22H26N2O4. The molecule has 1 amide bonds. The van der Waals surface area contributed by atoms with E-state index >= 15 is 0 Å². The van der Waals surface area contributed by atoms with Crippen molar-refractivity contribution in [3.05, 3.63) is 29.5 Å². The van der Waals surface area contributed by atoms with Crippen LogP contribution in [0.2, 0.25) is 0 Å². The SMILES string of the molecule is CC(C)(C)OC(=O)N1CCC(C#N)(c2ccc(O)c3oc(C4CC4)cc23)CC1. The van der Waals surface area contributed by atoms with Crippen molar-refractivity contribution in [3.8, 4) is 11.8 Å². The molecule has 1 aromatic carbocycles. The zero-order valence-corrected chi connectivity index (χ0v) is 16.6. The van der Waals surface area contributed by atoms with E-state index in [1.54, 1.807) is 11.0 Å². The minimum atomic E-state index is -0.713. The zero-order chi connectivity index (χ0) is 20.1. The highest BCUT2D eigenvalue weighted by atomic mass is 16.6. The van der Waals surface area contributed by atoms with Crippen molar-refractivity contribution in [1.29, 1.82) is 5.26 Å². The minimum absolute atomic E-state index is 0.102. The number of ether oxygens (including phenoxy) is 1. The first-order valence-electron chi connectivity index (χ1n) is 9.87. The number of fused-ring (bicyclic) bond motifs is 1.